The van der Waals surface area contributed by atoms with Crippen LogP contribution < -0.4 is 5.69 Å². The number of rotatable bonds is 5. The minimum absolute atomic E-state index is 0.144. The summed E-state index contributed by atoms with van der Waals surface area (Å²) in [7, 11) is 0. The molecule has 2 aromatic rings. The molecule has 1 unspecified atom stereocenters. The normalized spacial score (nSPS) is 12.3. The molecule has 5 nitrogen and oxygen atoms in total. The van der Waals surface area contributed by atoms with Gasteiger partial charge in [-0.15, -0.1) is 0 Å². The lowest BCUT2D eigenvalue weighted by Gasteiger charge is -2.12. The second-order valence-electron chi connectivity index (χ2n) is 4.32. The summed E-state index contributed by atoms with van der Waals surface area (Å²) >= 11 is 0. The van der Waals surface area contributed by atoms with Crippen LogP contribution in [0.2, 0.25) is 0 Å². The van der Waals surface area contributed by atoms with E-state index in [9.17, 15) is 14.7 Å². The van der Waals surface area contributed by atoms with Crippen LogP contribution in [0.1, 0.15) is 18.4 Å². The number of imidazole rings is 1. The number of nitrogens with zero attached hydrogens (tertiary/aromatic N) is 2. The SMILES string of the molecule is CCn1ccn(CC(C(=O)O)c2ccccc2)c1=O. The molecule has 0 radical (unpaired) electrons. The molecule has 0 saturated carbocycles. The molecule has 5 heteroatoms. The predicted octanol–water partition coefficient (Wildman–Crippen LogP) is 1.54. The second-order valence-corrected chi connectivity index (χ2v) is 4.32. The number of aryl methyl sites for hydroxylation is 1. The van der Waals surface area contributed by atoms with E-state index in [1.807, 2.05) is 13.0 Å². The summed E-state index contributed by atoms with van der Waals surface area (Å²) in [6, 6.07) is 8.96. The molecule has 0 aliphatic rings. The monoisotopic (exact) mass is 260 g/mol. The Morgan fingerprint density at radius 2 is 1.84 bits per heavy atom. The molecule has 0 aliphatic heterocycles. The zero-order valence-corrected chi connectivity index (χ0v) is 10.7. The van der Waals surface area contributed by atoms with Crippen LogP contribution in [0.15, 0.2) is 47.5 Å². The van der Waals surface area contributed by atoms with Gasteiger partial charge in [-0.1, -0.05) is 30.3 Å². The molecule has 1 aromatic heterocycles. The highest BCUT2D eigenvalue weighted by Gasteiger charge is 2.21. The number of benzene rings is 1. The van der Waals surface area contributed by atoms with Crippen molar-refractivity contribution in [3.8, 4) is 0 Å². The van der Waals surface area contributed by atoms with Gasteiger partial charge in [0.25, 0.3) is 0 Å². The van der Waals surface area contributed by atoms with Crippen LogP contribution in [-0.2, 0) is 17.9 Å². The van der Waals surface area contributed by atoms with E-state index in [0.29, 0.717) is 12.1 Å². The number of hydrogen-bond acceptors (Lipinski definition) is 2. The van der Waals surface area contributed by atoms with Crippen molar-refractivity contribution in [3.05, 3.63) is 58.8 Å². The summed E-state index contributed by atoms with van der Waals surface area (Å²) in [4.78, 5) is 23.3. The fraction of sp³-hybridized carbons (Fsp3) is 0.286. The molecular formula is C14H16N2O3. The average molecular weight is 260 g/mol. The second kappa shape index (κ2) is 5.56. The topological polar surface area (TPSA) is 64.2 Å². The molecule has 0 aliphatic carbocycles. The average Bonchev–Trinajstić information content (AvgIpc) is 2.77. The molecule has 1 atom stereocenters. The Hall–Kier alpha value is -2.30. The number of aromatic nitrogens is 2. The van der Waals surface area contributed by atoms with Crippen LogP contribution in [-0.4, -0.2) is 20.2 Å². The van der Waals surface area contributed by atoms with Crippen LogP contribution in [0.4, 0.5) is 0 Å². The molecule has 0 fully saturated rings. The maximum atomic E-state index is 11.9. The van der Waals surface area contributed by atoms with E-state index >= 15 is 0 Å². The Kier molecular flexibility index (Phi) is 3.85. The summed E-state index contributed by atoms with van der Waals surface area (Å²) in [6.45, 7) is 2.59. The Bertz CT molecular complexity index is 613. The molecule has 1 heterocycles. The third-order valence-electron chi connectivity index (χ3n) is 3.14. The van der Waals surface area contributed by atoms with Gasteiger partial charge in [-0.3, -0.25) is 13.9 Å². The van der Waals surface area contributed by atoms with Gasteiger partial charge < -0.3 is 5.11 Å². The van der Waals surface area contributed by atoms with Crippen LogP contribution in [0.3, 0.4) is 0 Å². The van der Waals surface area contributed by atoms with Gasteiger partial charge in [0.1, 0.15) is 0 Å². The van der Waals surface area contributed by atoms with Crippen LogP contribution in [0.5, 0.6) is 0 Å². The summed E-state index contributed by atoms with van der Waals surface area (Å²) in [5.74, 6) is -1.64. The standard InChI is InChI=1S/C14H16N2O3/c1-2-15-8-9-16(14(15)19)10-12(13(17)18)11-6-4-3-5-7-11/h3-9,12H,2,10H2,1H3,(H,17,18). The van der Waals surface area contributed by atoms with Crippen molar-refractivity contribution < 1.29 is 9.90 Å². The number of carboxylic acid groups (broad SMARTS) is 1. The lowest BCUT2D eigenvalue weighted by Crippen LogP contribution is -2.28. The molecule has 1 N–H and O–H groups in total. The van der Waals surface area contributed by atoms with Gasteiger partial charge in [0.15, 0.2) is 0 Å². The highest BCUT2D eigenvalue weighted by atomic mass is 16.4. The van der Waals surface area contributed by atoms with Gasteiger partial charge >= 0.3 is 11.7 Å². The van der Waals surface area contributed by atoms with E-state index in [0.717, 1.165) is 0 Å². The van der Waals surface area contributed by atoms with E-state index < -0.39 is 11.9 Å². The molecule has 0 bridgehead atoms. The van der Waals surface area contributed by atoms with Crippen molar-refractivity contribution in [1.29, 1.82) is 0 Å². The van der Waals surface area contributed by atoms with E-state index in [-0.39, 0.29) is 12.2 Å². The first-order valence-corrected chi connectivity index (χ1v) is 6.16. The fourth-order valence-electron chi connectivity index (χ4n) is 2.04. The molecule has 0 amide bonds. The lowest BCUT2D eigenvalue weighted by molar-refractivity contribution is -0.139. The lowest BCUT2D eigenvalue weighted by atomic mass is 9.99. The zero-order valence-electron chi connectivity index (χ0n) is 10.7. The van der Waals surface area contributed by atoms with Crippen molar-refractivity contribution in [1.82, 2.24) is 9.13 Å². The quantitative estimate of drug-likeness (QED) is 0.886. The highest BCUT2D eigenvalue weighted by Crippen LogP contribution is 2.17. The van der Waals surface area contributed by atoms with Crippen LogP contribution >= 0.6 is 0 Å². The summed E-state index contributed by atoms with van der Waals surface area (Å²) in [5, 5.41) is 9.32. The Morgan fingerprint density at radius 3 is 2.37 bits per heavy atom. The maximum absolute atomic E-state index is 11.9. The van der Waals surface area contributed by atoms with E-state index in [4.69, 9.17) is 0 Å². The first-order chi connectivity index (χ1) is 9.13. The van der Waals surface area contributed by atoms with Gasteiger partial charge in [0, 0.05) is 25.5 Å². The first-order valence-electron chi connectivity index (χ1n) is 6.16. The Balaban J connectivity index is 2.30. The molecule has 0 spiro atoms. The molecule has 0 saturated heterocycles. The third-order valence-corrected chi connectivity index (χ3v) is 3.14. The molecular weight excluding hydrogens is 244 g/mol. The first kappa shape index (κ1) is 13.1. The Morgan fingerprint density at radius 1 is 1.21 bits per heavy atom. The highest BCUT2D eigenvalue weighted by molar-refractivity contribution is 5.75. The molecule has 100 valence electrons. The minimum atomic E-state index is -0.928. The third kappa shape index (κ3) is 2.76. The fourth-order valence-corrected chi connectivity index (χ4v) is 2.04. The van der Waals surface area contributed by atoms with E-state index in [2.05, 4.69) is 0 Å². The molecule has 2 rings (SSSR count). The number of hydrogen-bond donors (Lipinski definition) is 1. The maximum Gasteiger partial charge on any atom is 0.328 e. The van der Waals surface area contributed by atoms with E-state index in [1.165, 1.54) is 4.57 Å². The van der Waals surface area contributed by atoms with Crippen molar-refractivity contribution in [3.63, 3.8) is 0 Å². The summed E-state index contributed by atoms with van der Waals surface area (Å²) in [6.07, 6.45) is 3.30. The van der Waals surface area contributed by atoms with Gasteiger partial charge in [0.05, 0.1) is 5.92 Å². The predicted molar refractivity (Wildman–Crippen MR) is 71.2 cm³/mol. The van der Waals surface area contributed by atoms with Crippen molar-refractivity contribution in [2.75, 3.05) is 0 Å². The van der Waals surface area contributed by atoms with Gasteiger partial charge in [-0.25, -0.2) is 4.79 Å². The number of aliphatic carboxylic acids is 1. The van der Waals surface area contributed by atoms with Crippen molar-refractivity contribution in [2.45, 2.75) is 25.9 Å². The molecule has 1 aromatic carbocycles. The summed E-state index contributed by atoms with van der Waals surface area (Å²) in [5.41, 5.74) is 0.524. The zero-order chi connectivity index (χ0) is 13.8. The van der Waals surface area contributed by atoms with Gasteiger partial charge in [-0.2, -0.15) is 0 Å². The smallest absolute Gasteiger partial charge is 0.328 e. The van der Waals surface area contributed by atoms with E-state index in [1.54, 1.807) is 41.2 Å². The van der Waals surface area contributed by atoms with Crippen LogP contribution in [0, 0.1) is 0 Å². The number of carbonyl (C=O) groups is 1. The van der Waals surface area contributed by atoms with Crippen molar-refractivity contribution in [2.24, 2.45) is 0 Å². The Labute approximate surface area is 110 Å². The van der Waals surface area contributed by atoms with Gasteiger partial charge in [0.2, 0.25) is 0 Å². The molecule has 19 heavy (non-hydrogen) atoms. The largest absolute Gasteiger partial charge is 0.481 e. The van der Waals surface area contributed by atoms with Crippen LogP contribution in [0.25, 0.3) is 0 Å². The van der Waals surface area contributed by atoms with Gasteiger partial charge in [-0.05, 0) is 12.5 Å². The minimum Gasteiger partial charge on any atom is -0.481 e. The van der Waals surface area contributed by atoms with Crippen molar-refractivity contribution >= 4 is 5.97 Å². The summed E-state index contributed by atoms with van der Waals surface area (Å²) < 4.78 is 2.99. The number of carboxylic acids is 1.